The maximum atomic E-state index is 12.0. The number of nitrogens with zero attached hydrogens (tertiary/aromatic N) is 1. The number of hydrogen-bond donors (Lipinski definition) is 1. The monoisotopic (exact) mass is 306 g/mol. The molecule has 0 fully saturated rings. The Morgan fingerprint density at radius 3 is 2.89 bits per heavy atom. The molecule has 0 unspecified atom stereocenters. The minimum absolute atomic E-state index is 0.200. The molecular formula is C13H11BrN2O2. The van der Waals surface area contributed by atoms with Crippen LogP contribution in [0.2, 0.25) is 0 Å². The molecule has 2 aromatic rings. The van der Waals surface area contributed by atoms with E-state index >= 15 is 0 Å². The Labute approximate surface area is 113 Å². The number of methoxy groups -OCH3 is 1. The first-order valence-electron chi connectivity index (χ1n) is 5.25. The van der Waals surface area contributed by atoms with Gasteiger partial charge in [-0.25, -0.2) is 0 Å². The van der Waals surface area contributed by atoms with E-state index < -0.39 is 0 Å². The fraction of sp³-hybridized carbons (Fsp3) is 0.0769. The number of benzene rings is 1. The van der Waals surface area contributed by atoms with Crippen LogP contribution in [0.25, 0.3) is 0 Å². The number of aromatic nitrogens is 1. The zero-order chi connectivity index (χ0) is 13.0. The second-order valence-corrected chi connectivity index (χ2v) is 4.49. The van der Waals surface area contributed by atoms with Crippen molar-refractivity contribution in [2.24, 2.45) is 0 Å². The summed E-state index contributed by atoms with van der Waals surface area (Å²) in [6, 6.07) is 8.75. The number of nitrogens with one attached hydrogen (secondary N) is 1. The molecule has 0 saturated heterocycles. The van der Waals surface area contributed by atoms with Crippen LogP contribution in [0.3, 0.4) is 0 Å². The second-order valence-electron chi connectivity index (χ2n) is 3.58. The van der Waals surface area contributed by atoms with Gasteiger partial charge in [0.25, 0.3) is 5.91 Å². The predicted molar refractivity (Wildman–Crippen MR) is 72.9 cm³/mol. The van der Waals surface area contributed by atoms with Crippen molar-refractivity contribution in [3.05, 3.63) is 52.8 Å². The van der Waals surface area contributed by atoms with E-state index in [0.717, 1.165) is 4.47 Å². The smallest absolute Gasteiger partial charge is 0.255 e. The van der Waals surface area contributed by atoms with Crippen molar-refractivity contribution in [2.75, 3.05) is 12.4 Å². The van der Waals surface area contributed by atoms with Crippen LogP contribution in [0.5, 0.6) is 5.75 Å². The van der Waals surface area contributed by atoms with Gasteiger partial charge in [0.1, 0.15) is 5.75 Å². The first-order valence-corrected chi connectivity index (χ1v) is 6.04. The number of pyridine rings is 1. The van der Waals surface area contributed by atoms with Crippen molar-refractivity contribution < 1.29 is 9.53 Å². The summed E-state index contributed by atoms with van der Waals surface area (Å²) < 4.78 is 5.89. The molecule has 92 valence electrons. The lowest BCUT2D eigenvalue weighted by Gasteiger charge is -2.06. The highest BCUT2D eigenvalue weighted by Crippen LogP contribution is 2.16. The largest absolute Gasteiger partial charge is 0.497 e. The van der Waals surface area contributed by atoms with Crippen LogP contribution >= 0.6 is 15.9 Å². The Bertz CT molecular complexity index is 572. The lowest BCUT2D eigenvalue weighted by Crippen LogP contribution is -2.12. The molecule has 0 aliphatic rings. The lowest BCUT2D eigenvalue weighted by molar-refractivity contribution is 0.102. The summed E-state index contributed by atoms with van der Waals surface area (Å²) in [5, 5.41) is 2.76. The summed E-state index contributed by atoms with van der Waals surface area (Å²) in [7, 11) is 1.56. The van der Waals surface area contributed by atoms with E-state index in [2.05, 4.69) is 26.2 Å². The van der Waals surface area contributed by atoms with Crippen LogP contribution < -0.4 is 10.1 Å². The molecule has 0 atom stereocenters. The van der Waals surface area contributed by atoms with Gasteiger partial charge in [-0.15, -0.1) is 0 Å². The third kappa shape index (κ3) is 3.07. The molecule has 18 heavy (non-hydrogen) atoms. The number of rotatable bonds is 3. The van der Waals surface area contributed by atoms with Crippen molar-refractivity contribution in [2.45, 2.75) is 0 Å². The SMILES string of the molecule is COc1cccc(C(=O)Nc2cncc(Br)c2)c1. The first-order chi connectivity index (χ1) is 8.69. The van der Waals surface area contributed by atoms with Crippen molar-refractivity contribution in [1.29, 1.82) is 0 Å². The summed E-state index contributed by atoms with van der Waals surface area (Å²) in [5.41, 5.74) is 1.17. The lowest BCUT2D eigenvalue weighted by atomic mass is 10.2. The Balaban J connectivity index is 2.16. The number of carbonyl (C=O) groups excluding carboxylic acids is 1. The highest BCUT2D eigenvalue weighted by Gasteiger charge is 2.07. The number of amides is 1. The van der Waals surface area contributed by atoms with Gasteiger partial charge in [0, 0.05) is 16.2 Å². The molecule has 5 heteroatoms. The first kappa shape index (κ1) is 12.6. The van der Waals surface area contributed by atoms with E-state index in [1.54, 1.807) is 49.8 Å². The molecule has 0 aliphatic carbocycles. The van der Waals surface area contributed by atoms with Crippen LogP contribution in [-0.4, -0.2) is 18.0 Å². The molecule has 0 radical (unpaired) electrons. The molecular weight excluding hydrogens is 296 g/mol. The summed E-state index contributed by atoms with van der Waals surface area (Å²) >= 11 is 3.30. The summed E-state index contributed by atoms with van der Waals surface area (Å²) in [6.07, 6.45) is 3.24. The van der Waals surface area contributed by atoms with E-state index in [1.165, 1.54) is 0 Å². The second kappa shape index (κ2) is 5.64. The van der Waals surface area contributed by atoms with Crippen LogP contribution in [-0.2, 0) is 0 Å². The van der Waals surface area contributed by atoms with E-state index in [0.29, 0.717) is 17.0 Å². The van der Waals surface area contributed by atoms with Gasteiger partial charge in [0.05, 0.1) is 19.0 Å². The Kier molecular flexibility index (Phi) is 3.94. The number of ether oxygens (including phenoxy) is 1. The van der Waals surface area contributed by atoms with E-state index in [1.807, 2.05) is 0 Å². The number of hydrogen-bond acceptors (Lipinski definition) is 3. The summed E-state index contributed by atoms with van der Waals surface area (Å²) in [6.45, 7) is 0. The van der Waals surface area contributed by atoms with Crippen LogP contribution in [0.1, 0.15) is 10.4 Å². The van der Waals surface area contributed by atoms with Crippen molar-refractivity contribution in [1.82, 2.24) is 4.98 Å². The van der Waals surface area contributed by atoms with Gasteiger partial charge in [0.15, 0.2) is 0 Å². The standard InChI is InChI=1S/C13H11BrN2O2/c1-18-12-4-2-3-9(5-12)13(17)16-11-6-10(14)7-15-8-11/h2-8H,1H3,(H,16,17). The number of anilines is 1. The van der Waals surface area contributed by atoms with Crippen molar-refractivity contribution in [3.63, 3.8) is 0 Å². The summed E-state index contributed by atoms with van der Waals surface area (Å²) in [4.78, 5) is 16.0. The van der Waals surface area contributed by atoms with Gasteiger partial charge in [0.2, 0.25) is 0 Å². The Morgan fingerprint density at radius 1 is 1.33 bits per heavy atom. The fourth-order valence-electron chi connectivity index (χ4n) is 1.45. The molecule has 1 heterocycles. The molecule has 0 spiro atoms. The van der Waals surface area contributed by atoms with Gasteiger partial charge in [-0.1, -0.05) is 6.07 Å². The molecule has 1 aromatic heterocycles. The predicted octanol–water partition coefficient (Wildman–Crippen LogP) is 3.11. The van der Waals surface area contributed by atoms with Crippen LogP contribution in [0.15, 0.2) is 47.2 Å². The molecule has 0 saturated carbocycles. The average molecular weight is 307 g/mol. The zero-order valence-corrected chi connectivity index (χ0v) is 11.3. The molecule has 0 bridgehead atoms. The zero-order valence-electron chi connectivity index (χ0n) is 9.68. The van der Waals surface area contributed by atoms with Crippen molar-refractivity contribution >= 4 is 27.5 Å². The van der Waals surface area contributed by atoms with Gasteiger partial charge < -0.3 is 10.1 Å². The van der Waals surface area contributed by atoms with E-state index in [9.17, 15) is 4.79 Å². The Hall–Kier alpha value is -1.88. The van der Waals surface area contributed by atoms with Gasteiger partial charge in [-0.05, 0) is 40.2 Å². The Morgan fingerprint density at radius 2 is 2.17 bits per heavy atom. The molecule has 0 aliphatic heterocycles. The highest BCUT2D eigenvalue weighted by molar-refractivity contribution is 9.10. The topological polar surface area (TPSA) is 51.2 Å². The minimum atomic E-state index is -0.200. The maximum absolute atomic E-state index is 12.0. The van der Waals surface area contributed by atoms with Gasteiger partial charge >= 0.3 is 0 Å². The van der Waals surface area contributed by atoms with Gasteiger partial charge in [-0.3, -0.25) is 9.78 Å². The quantitative estimate of drug-likeness (QED) is 0.948. The number of carbonyl (C=O) groups is 1. The highest BCUT2D eigenvalue weighted by atomic mass is 79.9. The molecule has 1 aromatic carbocycles. The third-order valence-corrected chi connectivity index (χ3v) is 2.73. The third-order valence-electron chi connectivity index (χ3n) is 2.29. The maximum Gasteiger partial charge on any atom is 0.255 e. The molecule has 4 nitrogen and oxygen atoms in total. The minimum Gasteiger partial charge on any atom is -0.497 e. The van der Waals surface area contributed by atoms with Crippen LogP contribution in [0.4, 0.5) is 5.69 Å². The fourth-order valence-corrected chi connectivity index (χ4v) is 1.81. The molecule has 1 N–H and O–H groups in total. The van der Waals surface area contributed by atoms with E-state index in [4.69, 9.17) is 4.74 Å². The number of halogens is 1. The normalized spacial score (nSPS) is 9.89. The molecule has 2 rings (SSSR count). The van der Waals surface area contributed by atoms with Gasteiger partial charge in [-0.2, -0.15) is 0 Å². The molecule has 1 amide bonds. The average Bonchev–Trinajstić information content (AvgIpc) is 2.39. The van der Waals surface area contributed by atoms with Crippen molar-refractivity contribution in [3.8, 4) is 5.75 Å². The summed E-state index contributed by atoms with van der Waals surface area (Å²) in [5.74, 6) is 0.448. The van der Waals surface area contributed by atoms with E-state index in [-0.39, 0.29) is 5.91 Å². The van der Waals surface area contributed by atoms with Crippen LogP contribution in [0, 0.1) is 0 Å².